The first-order valence-corrected chi connectivity index (χ1v) is 10.3. The van der Waals surface area contributed by atoms with Crippen LogP contribution in [0.1, 0.15) is 25.1 Å². The summed E-state index contributed by atoms with van der Waals surface area (Å²) in [7, 11) is 0. The molecule has 4 aliphatic rings. The summed E-state index contributed by atoms with van der Waals surface area (Å²) >= 11 is 0. The molecule has 8 nitrogen and oxygen atoms in total. The molecular weight excluding hydrogens is 415 g/mol. The third-order valence-corrected chi connectivity index (χ3v) is 6.77. The van der Waals surface area contributed by atoms with Gasteiger partial charge in [0.25, 0.3) is 0 Å². The van der Waals surface area contributed by atoms with Gasteiger partial charge in [0, 0.05) is 42.6 Å². The van der Waals surface area contributed by atoms with Crippen molar-refractivity contribution in [2.24, 2.45) is 5.92 Å². The number of aromatic nitrogens is 3. The van der Waals surface area contributed by atoms with Gasteiger partial charge in [0.1, 0.15) is 12.4 Å². The highest BCUT2D eigenvalue weighted by Gasteiger charge is 2.59. The van der Waals surface area contributed by atoms with Gasteiger partial charge in [-0.3, -0.25) is 4.90 Å². The standard InChI is InChI=1S/C20H24F3N5O3/c21-20(22,23)31-16-5-12(9-25-18(16)24)14-10-28(17(11-29)26-14)19-6-13(7-19)15(8-19)27-1-3-30-4-2-27/h5,9-10,13,15,29H,1-4,6-8,11H2,(H2,24,25). The van der Waals surface area contributed by atoms with Crippen LogP contribution in [0.4, 0.5) is 19.0 Å². The fraction of sp³-hybridized carbons (Fsp3) is 0.600. The van der Waals surface area contributed by atoms with Gasteiger partial charge < -0.3 is 24.9 Å². The van der Waals surface area contributed by atoms with Crippen LogP contribution in [0.2, 0.25) is 0 Å². The highest BCUT2D eigenvalue weighted by Crippen LogP contribution is 2.59. The molecule has 3 saturated carbocycles. The van der Waals surface area contributed by atoms with Crippen LogP contribution in [0.25, 0.3) is 11.3 Å². The van der Waals surface area contributed by atoms with E-state index in [1.807, 2.05) is 4.57 Å². The number of imidazole rings is 1. The van der Waals surface area contributed by atoms with Gasteiger partial charge in [0.05, 0.1) is 18.9 Å². The van der Waals surface area contributed by atoms with E-state index in [9.17, 15) is 18.3 Å². The van der Waals surface area contributed by atoms with Crippen molar-refractivity contribution in [3.05, 3.63) is 24.3 Å². The number of hydrogen-bond acceptors (Lipinski definition) is 7. The summed E-state index contributed by atoms with van der Waals surface area (Å²) < 4.78 is 49.4. The number of hydrogen-bond donors (Lipinski definition) is 2. The summed E-state index contributed by atoms with van der Waals surface area (Å²) in [6.45, 7) is 3.10. The Balaban J connectivity index is 1.42. The quantitative estimate of drug-likeness (QED) is 0.737. The van der Waals surface area contributed by atoms with E-state index in [-0.39, 0.29) is 18.0 Å². The molecule has 1 saturated heterocycles. The number of pyridine rings is 1. The number of fused-ring (bicyclic) bond motifs is 1. The monoisotopic (exact) mass is 439 g/mol. The van der Waals surface area contributed by atoms with Crippen LogP contribution >= 0.6 is 0 Å². The number of ether oxygens (including phenoxy) is 2. The number of halogens is 3. The topological polar surface area (TPSA) is 98.7 Å². The maximum absolute atomic E-state index is 12.7. The second kappa shape index (κ2) is 7.35. The molecule has 0 aromatic carbocycles. The second-order valence-electron chi connectivity index (χ2n) is 8.54. The van der Waals surface area contributed by atoms with E-state index in [1.54, 1.807) is 6.20 Å². The molecule has 0 radical (unpaired) electrons. The van der Waals surface area contributed by atoms with Crippen LogP contribution in [0.5, 0.6) is 5.75 Å². The van der Waals surface area contributed by atoms with Crippen LogP contribution in [-0.4, -0.2) is 63.2 Å². The fourth-order valence-electron chi connectivity index (χ4n) is 5.42. The maximum atomic E-state index is 12.7. The number of aliphatic hydroxyl groups excluding tert-OH is 1. The summed E-state index contributed by atoms with van der Waals surface area (Å²) in [6.07, 6.45) is 1.25. The van der Waals surface area contributed by atoms with Crippen molar-refractivity contribution < 1.29 is 27.8 Å². The van der Waals surface area contributed by atoms with Crippen molar-refractivity contribution in [3.63, 3.8) is 0 Å². The zero-order valence-corrected chi connectivity index (χ0v) is 16.8. The SMILES string of the molecule is Nc1ncc(-c2cn(C34CC(C3)C(N3CCOCC3)C4)c(CO)n2)cc1OC(F)(F)F. The summed E-state index contributed by atoms with van der Waals surface area (Å²) in [6, 6.07) is 1.65. The number of nitrogens with two attached hydrogens (primary N) is 1. The van der Waals surface area contributed by atoms with Gasteiger partial charge in [-0.05, 0) is 31.2 Å². The Hall–Kier alpha value is -2.37. The van der Waals surface area contributed by atoms with Crippen LogP contribution in [0.15, 0.2) is 18.5 Å². The maximum Gasteiger partial charge on any atom is 0.573 e. The first kappa shape index (κ1) is 20.5. The van der Waals surface area contributed by atoms with Crippen molar-refractivity contribution in [1.82, 2.24) is 19.4 Å². The molecule has 3 heterocycles. The highest BCUT2D eigenvalue weighted by molar-refractivity contribution is 5.64. The predicted octanol–water partition coefficient (Wildman–Crippen LogP) is 2.13. The summed E-state index contributed by atoms with van der Waals surface area (Å²) in [5.74, 6) is 0.166. The minimum absolute atomic E-state index is 0.122. The molecule has 0 spiro atoms. The minimum Gasteiger partial charge on any atom is -0.402 e. The molecule has 4 fully saturated rings. The molecular formula is C20H24F3N5O3. The zero-order chi connectivity index (χ0) is 21.8. The molecule has 31 heavy (non-hydrogen) atoms. The van der Waals surface area contributed by atoms with Crippen LogP contribution in [0, 0.1) is 5.92 Å². The lowest BCUT2D eigenvalue weighted by atomic mass is 9.76. The van der Waals surface area contributed by atoms with Crippen molar-refractivity contribution in [2.75, 3.05) is 32.0 Å². The summed E-state index contributed by atoms with van der Waals surface area (Å²) in [5.41, 5.74) is 6.18. The molecule has 1 aliphatic heterocycles. The van der Waals surface area contributed by atoms with Crippen LogP contribution in [-0.2, 0) is 16.9 Å². The molecule has 6 rings (SSSR count). The average molecular weight is 439 g/mol. The third-order valence-electron chi connectivity index (χ3n) is 6.77. The first-order chi connectivity index (χ1) is 14.8. The molecule has 2 aromatic heterocycles. The summed E-state index contributed by atoms with van der Waals surface area (Å²) in [4.78, 5) is 10.8. The second-order valence-corrected chi connectivity index (χ2v) is 8.54. The molecule has 2 bridgehead atoms. The molecule has 168 valence electrons. The van der Waals surface area contributed by atoms with Crippen LogP contribution < -0.4 is 10.5 Å². The van der Waals surface area contributed by atoms with Crippen molar-refractivity contribution in [3.8, 4) is 17.0 Å². The lowest BCUT2D eigenvalue weighted by Gasteiger charge is -2.41. The van der Waals surface area contributed by atoms with E-state index in [0.29, 0.717) is 29.0 Å². The Morgan fingerprint density at radius 3 is 2.68 bits per heavy atom. The Bertz CT molecular complexity index is 967. The van der Waals surface area contributed by atoms with E-state index >= 15 is 0 Å². The summed E-state index contributed by atoms with van der Waals surface area (Å²) in [5, 5.41) is 9.92. The molecule has 1 atom stereocenters. The number of alkyl halides is 3. The van der Waals surface area contributed by atoms with Gasteiger partial charge in [0.2, 0.25) is 0 Å². The highest BCUT2D eigenvalue weighted by atomic mass is 19.4. The van der Waals surface area contributed by atoms with Gasteiger partial charge >= 0.3 is 6.36 Å². The van der Waals surface area contributed by atoms with Crippen molar-refractivity contribution in [1.29, 1.82) is 0 Å². The molecule has 1 unspecified atom stereocenters. The average Bonchev–Trinajstić information content (AvgIpc) is 3.40. The number of morpholine rings is 1. The molecule has 2 aromatic rings. The molecule has 3 N–H and O–H groups in total. The normalized spacial score (nSPS) is 28.5. The number of nitrogen functional groups attached to an aromatic ring is 1. The minimum atomic E-state index is -4.87. The molecule has 3 aliphatic carbocycles. The first-order valence-electron chi connectivity index (χ1n) is 10.3. The van der Waals surface area contributed by atoms with Gasteiger partial charge in [-0.25, -0.2) is 9.97 Å². The Morgan fingerprint density at radius 2 is 2.00 bits per heavy atom. The number of anilines is 1. The van der Waals surface area contributed by atoms with E-state index in [4.69, 9.17) is 10.5 Å². The number of aliphatic hydroxyl groups is 1. The van der Waals surface area contributed by atoms with Crippen LogP contribution in [0.3, 0.4) is 0 Å². The number of rotatable bonds is 5. The van der Waals surface area contributed by atoms with E-state index in [0.717, 1.165) is 45.6 Å². The van der Waals surface area contributed by atoms with E-state index in [2.05, 4.69) is 19.6 Å². The smallest absolute Gasteiger partial charge is 0.402 e. The van der Waals surface area contributed by atoms with E-state index in [1.165, 1.54) is 12.3 Å². The number of nitrogens with zero attached hydrogens (tertiary/aromatic N) is 4. The van der Waals surface area contributed by atoms with Gasteiger partial charge in [-0.2, -0.15) is 0 Å². The largest absolute Gasteiger partial charge is 0.573 e. The molecule has 0 amide bonds. The molecule has 11 heteroatoms. The third kappa shape index (κ3) is 3.64. The lowest BCUT2D eigenvalue weighted by Crippen LogP contribution is -2.44. The fourth-order valence-corrected chi connectivity index (χ4v) is 5.42. The van der Waals surface area contributed by atoms with Crippen molar-refractivity contribution >= 4 is 5.82 Å². The van der Waals surface area contributed by atoms with E-state index < -0.39 is 12.1 Å². The zero-order valence-electron chi connectivity index (χ0n) is 16.8. The Labute approximate surface area is 176 Å². The van der Waals surface area contributed by atoms with Gasteiger partial charge in [-0.1, -0.05) is 0 Å². The Morgan fingerprint density at radius 1 is 1.26 bits per heavy atom. The van der Waals surface area contributed by atoms with Crippen molar-refractivity contribution in [2.45, 2.75) is 43.8 Å². The predicted molar refractivity (Wildman–Crippen MR) is 104 cm³/mol. The van der Waals surface area contributed by atoms with Gasteiger partial charge in [-0.15, -0.1) is 13.2 Å². The lowest BCUT2D eigenvalue weighted by molar-refractivity contribution is -0.274. The van der Waals surface area contributed by atoms with Gasteiger partial charge in [0.15, 0.2) is 11.6 Å². The Kier molecular flexibility index (Phi) is 4.87.